The molecule has 0 aliphatic heterocycles. The molecule has 0 spiro atoms. The fraction of sp³-hybridized carbons (Fsp3) is 0.174. The van der Waals surface area contributed by atoms with Crippen molar-refractivity contribution >= 4 is 10.8 Å². The van der Waals surface area contributed by atoms with E-state index in [0.29, 0.717) is 0 Å². The summed E-state index contributed by atoms with van der Waals surface area (Å²) in [5.41, 5.74) is 5.60. The molecule has 0 amide bonds. The van der Waals surface area contributed by atoms with Crippen LogP contribution in [0.4, 0.5) is 0 Å². The molecule has 0 radical (unpaired) electrons. The molecule has 4 aromatic rings. The summed E-state index contributed by atoms with van der Waals surface area (Å²) in [6.45, 7) is 2.04. The molecule has 1 aliphatic rings. The maximum atomic E-state index is 12.4. The van der Waals surface area contributed by atoms with Crippen LogP contribution in [0.3, 0.4) is 0 Å². The molecule has 0 bridgehead atoms. The maximum absolute atomic E-state index is 12.4. The third kappa shape index (κ3) is 2.56. The van der Waals surface area contributed by atoms with Crippen LogP contribution in [0.1, 0.15) is 39.8 Å². The Bertz CT molecular complexity index is 1180. The van der Waals surface area contributed by atoms with Crippen LogP contribution in [0.2, 0.25) is 0 Å². The number of nitrogens with one attached hydrogen (secondary N) is 1. The number of rotatable bonds is 2. The van der Waals surface area contributed by atoms with E-state index in [0.717, 1.165) is 28.5 Å². The molecule has 1 aliphatic carbocycles. The number of benzene rings is 2. The van der Waals surface area contributed by atoms with E-state index >= 15 is 0 Å². The number of hydrogen-bond acceptors (Lipinski definition) is 3. The lowest BCUT2D eigenvalue weighted by molar-refractivity contribution is 0.571. The first-order chi connectivity index (χ1) is 13.2. The summed E-state index contributed by atoms with van der Waals surface area (Å²) in [6, 6.07) is 18.8. The lowest BCUT2D eigenvalue weighted by Gasteiger charge is -2.33. The lowest BCUT2D eigenvalue weighted by atomic mass is 9.71. The van der Waals surface area contributed by atoms with Gasteiger partial charge in [0.25, 0.3) is 5.56 Å². The van der Waals surface area contributed by atoms with E-state index in [1.807, 2.05) is 31.5 Å². The number of hydrogen-bond donors (Lipinski definition) is 1. The highest BCUT2D eigenvalue weighted by atomic mass is 16.1. The molecule has 4 heteroatoms. The van der Waals surface area contributed by atoms with Crippen molar-refractivity contribution < 1.29 is 0 Å². The molecule has 4 nitrogen and oxygen atoms in total. The molecule has 0 fully saturated rings. The Hall–Kier alpha value is -3.27. The molecule has 132 valence electrons. The van der Waals surface area contributed by atoms with Crippen molar-refractivity contribution in [2.75, 3.05) is 0 Å². The minimum absolute atomic E-state index is 0.0863. The lowest BCUT2D eigenvalue weighted by Crippen LogP contribution is -2.25. The van der Waals surface area contributed by atoms with Crippen molar-refractivity contribution in [1.82, 2.24) is 15.2 Å². The second-order valence-electron chi connectivity index (χ2n) is 7.26. The first kappa shape index (κ1) is 15.9. The fourth-order valence-electron chi connectivity index (χ4n) is 4.47. The van der Waals surface area contributed by atoms with Crippen molar-refractivity contribution in [1.29, 1.82) is 0 Å². The predicted octanol–water partition coefficient (Wildman–Crippen LogP) is 4.10. The highest BCUT2D eigenvalue weighted by Gasteiger charge is 2.35. The fourth-order valence-corrected chi connectivity index (χ4v) is 4.47. The van der Waals surface area contributed by atoms with Crippen LogP contribution in [0.25, 0.3) is 10.8 Å². The zero-order valence-electron chi connectivity index (χ0n) is 15.0. The van der Waals surface area contributed by atoms with Crippen LogP contribution in [0, 0.1) is 6.92 Å². The molecule has 2 aromatic carbocycles. The second-order valence-corrected chi connectivity index (χ2v) is 7.26. The average Bonchev–Trinajstić information content (AvgIpc) is 2.71. The van der Waals surface area contributed by atoms with Gasteiger partial charge < -0.3 is 0 Å². The van der Waals surface area contributed by atoms with Gasteiger partial charge in [0.2, 0.25) is 0 Å². The van der Waals surface area contributed by atoms with Gasteiger partial charge in [-0.25, -0.2) is 5.10 Å². The zero-order chi connectivity index (χ0) is 18.4. The number of aromatic amines is 1. The van der Waals surface area contributed by atoms with Gasteiger partial charge in [-0.05, 0) is 48.2 Å². The summed E-state index contributed by atoms with van der Waals surface area (Å²) < 4.78 is 0. The number of H-pyrrole nitrogens is 1. The van der Waals surface area contributed by atoms with E-state index in [4.69, 9.17) is 0 Å². The Morgan fingerprint density at radius 2 is 1.78 bits per heavy atom. The molecule has 5 rings (SSSR count). The zero-order valence-corrected chi connectivity index (χ0v) is 15.0. The van der Waals surface area contributed by atoms with E-state index in [1.54, 1.807) is 0 Å². The molecule has 0 saturated heterocycles. The summed E-state index contributed by atoms with van der Waals surface area (Å²) in [5, 5.41) is 9.04. The molecular formula is C23H19N3O. The van der Waals surface area contributed by atoms with Crippen molar-refractivity contribution in [3.05, 3.63) is 105 Å². The Morgan fingerprint density at radius 1 is 1.00 bits per heavy atom. The SMILES string of the molecule is Cc1cc2c3c(n[nH]c(=O)c3c1)C(c1ccccc1)C(c1ccncc1)C2. The Labute approximate surface area is 156 Å². The van der Waals surface area contributed by atoms with E-state index in [2.05, 4.69) is 57.6 Å². The van der Waals surface area contributed by atoms with E-state index in [-0.39, 0.29) is 17.4 Å². The normalized spacial score (nSPS) is 18.6. The van der Waals surface area contributed by atoms with Crippen LogP contribution in [0.15, 0.2) is 71.8 Å². The Morgan fingerprint density at radius 3 is 2.56 bits per heavy atom. The second kappa shape index (κ2) is 6.16. The van der Waals surface area contributed by atoms with Crippen molar-refractivity contribution in [3.8, 4) is 0 Å². The topological polar surface area (TPSA) is 58.6 Å². The molecule has 2 atom stereocenters. The van der Waals surface area contributed by atoms with Crippen molar-refractivity contribution in [2.45, 2.75) is 25.2 Å². The molecule has 2 heterocycles. The quantitative estimate of drug-likeness (QED) is 0.590. The third-order valence-corrected chi connectivity index (χ3v) is 5.57. The largest absolute Gasteiger partial charge is 0.272 e. The van der Waals surface area contributed by atoms with E-state index < -0.39 is 0 Å². The minimum Gasteiger partial charge on any atom is -0.267 e. The molecular weight excluding hydrogens is 334 g/mol. The number of aromatic nitrogens is 3. The minimum atomic E-state index is -0.118. The van der Waals surface area contributed by atoms with Crippen LogP contribution in [-0.4, -0.2) is 15.2 Å². The van der Waals surface area contributed by atoms with Crippen LogP contribution < -0.4 is 5.56 Å². The van der Waals surface area contributed by atoms with Gasteiger partial charge in [0.1, 0.15) is 0 Å². The predicted molar refractivity (Wildman–Crippen MR) is 106 cm³/mol. The van der Waals surface area contributed by atoms with E-state index in [9.17, 15) is 4.79 Å². The highest BCUT2D eigenvalue weighted by Crippen LogP contribution is 2.46. The van der Waals surface area contributed by atoms with Crippen LogP contribution in [0.5, 0.6) is 0 Å². The number of aryl methyl sites for hydroxylation is 1. The smallest absolute Gasteiger partial charge is 0.267 e. The maximum Gasteiger partial charge on any atom is 0.272 e. The molecule has 27 heavy (non-hydrogen) atoms. The standard InChI is InChI=1S/C23H19N3O/c1-14-11-17-13-18(15-7-9-24-10-8-15)20(16-5-3-2-4-6-16)22-21(17)19(12-14)23(27)26-25-22/h2-12,18,20H,13H2,1H3,(H,26,27). The summed E-state index contributed by atoms with van der Waals surface area (Å²) >= 11 is 0. The Kier molecular flexibility index (Phi) is 3.64. The summed E-state index contributed by atoms with van der Waals surface area (Å²) in [4.78, 5) is 16.6. The van der Waals surface area contributed by atoms with Gasteiger partial charge in [-0.15, -0.1) is 0 Å². The van der Waals surface area contributed by atoms with Gasteiger partial charge in [-0.3, -0.25) is 9.78 Å². The van der Waals surface area contributed by atoms with Gasteiger partial charge in [-0.2, -0.15) is 5.10 Å². The van der Waals surface area contributed by atoms with Gasteiger partial charge in [0, 0.05) is 29.6 Å². The highest BCUT2D eigenvalue weighted by molar-refractivity contribution is 5.89. The number of nitrogens with zero attached hydrogens (tertiary/aromatic N) is 2. The van der Waals surface area contributed by atoms with Gasteiger partial charge >= 0.3 is 0 Å². The molecule has 2 unspecified atom stereocenters. The van der Waals surface area contributed by atoms with Crippen LogP contribution >= 0.6 is 0 Å². The average molecular weight is 353 g/mol. The monoisotopic (exact) mass is 353 g/mol. The Balaban J connectivity index is 1.83. The summed E-state index contributed by atoms with van der Waals surface area (Å²) in [6.07, 6.45) is 4.57. The van der Waals surface area contributed by atoms with Crippen LogP contribution in [-0.2, 0) is 6.42 Å². The van der Waals surface area contributed by atoms with Gasteiger partial charge in [0.05, 0.1) is 11.1 Å². The molecule has 2 aromatic heterocycles. The third-order valence-electron chi connectivity index (χ3n) is 5.57. The van der Waals surface area contributed by atoms with Gasteiger partial charge in [0.15, 0.2) is 0 Å². The summed E-state index contributed by atoms with van der Waals surface area (Å²) in [5.74, 6) is 0.328. The van der Waals surface area contributed by atoms with E-state index in [1.165, 1.54) is 16.7 Å². The van der Waals surface area contributed by atoms with Crippen molar-refractivity contribution in [2.24, 2.45) is 0 Å². The molecule has 0 saturated carbocycles. The first-order valence-electron chi connectivity index (χ1n) is 9.19. The number of pyridine rings is 1. The van der Waals surface area contributed by atoms with Gasteiger partial charge in [-0.1, -0.05) is 42.0 Å². The summed E-state index contributed by atoms with van der Waals surface area (Å²) in [7, 11) is 0. The first-order valence-corrected chi connectivity index (χ1v) is 9.19. The molecule has 1 N–H and O–H groups in total. The van der Waals surface area contributed by atoms with Crippen molar-refractivity contribution in [3.63, 3.8) is 0 Å².